The molecule has 6 nitrogen and oxygen atoms in total. The molecule has 184 valence electrons. The molecule has 2 bridgehead atoms. The van der Waals surface area contributed by atoms with Gasteiger partial charge < -0.3 is 19.1 Å². The Labute approximate surface area is 214 Å². The smallest absolute Gasteiger partial charge is 0.343 e. The molecule has 1 spiro atoms. The highest BCUT2D eigenvalue weighted by atomic mass is 16.6. The van der Waals surface area contributed by atoms with E-state index in [-0.39, 0.29) is 18.1 Å². The maximum Gasteiger partial charge on any atom is 0.343 e. The van der Waals surface area contributed by atoms with Gasteiger partial charge in [-0.05, 0) is 60.4 Å². The van der Waals surface area contributed by atoms with Gasteiger partial charge in [-0.15, -0.1) is 0 Å². The molecule has 3 aromatic carbocycles. The summed E-state index contributed by atoms with van der Waals surface area (Å²) in [6.07, 6.45) is 5.05. The van der Waals surface area contributed by atoms with E-state index in [0.29, 0.717) is 42.0 Å². The Bertz CT molecular complexity index is 1490. The summed E-state index contributed by atoms with van der Waals surface area (Å²) in [6, 6.07) is 22.1. The summed E-state index contributed by atoms with van der Waals surface area (Å²) in [5, 5.41) is 0. The summed E-state index contributed by atoms with van der Waals surface area (Å²) in [4.78, 5) is 28.5. The maximum atomic E-state index is 13.6. The van der Waals surface area contributed by atoms with E-state index in [0.717, 1.165) is 22.5 Å². The van der Waals surface area contributed by atoms with Crippen LogP contribution in [0.2, 0.25) is 0 Å². The van der Waals surface area contributed by atoms with Gasteiger partial charge in [0.2, 0.25) is 0 Å². The topological polar surface area (TPSA) is 65.1 Å². The van der Waals surface area contributed by atoms with Gasteiger partial charge in [-0.25, -0.2) is 4.79 Å². The third kappa shape index (κ3) is 3.05. The number of carbonyl (C=O) groups is 2. The number of amides is 1. The molecule has 0 saturated carbocycles. The lowest BCUT2D eigenvalue weighted by atomic mass is 9.57. The van der Waals surface area contributed by atoms with Gasteiger partial charge in [0.25, 0.3) is 5.91 Å². The zero-order valence-corrected chi connectivity index (χ0v) is 20.3. The lowest BCUT2D eigenvalue weighted by Crippen LogP contribution is -2.60. The minimum absolute atomic E-state index is 0.0374. The quantitative estimate of drug-likeness (QED) is 0.386. The van der Waals surface area contributed by atoms with Crippen molar-refractivity contribution in [2.24, 2.45) is 0 Å². The Kier molecular flexibility index (Phi) is 4.80. The van der Waals surface area contributed by atoms with Crippen LogP contribution in [0.5, 0.6) is 11.5 Å². The van der Waals surface area contributed by atoms with Gasteiger partial charge in [0.1, 0.15) is 5.76 Å². The largest absolute Gasteiger partial charge is 0.497 e. The first-order valence-corrected chi connectivity index (χ1v) is 12.5. The van der Waals surface area contributed by atoms with Crippen LogP contribution < -0.4 is 9.47 Å². The Morgan fingerprint density at radius 3 is 2.41 bits per heavy atom. The molecule has 3 atom stereocenters. The van der Waals surface area contributed by atoms with Crippen molar-refractivity contribution in [3.05, 3.63) is 119 Å². The van der Waals surface area contributed by atoms with Gasteiger partial charge in [-0.2, -0.15) is 0 Å². The van der Waals surface area contributed by atoms with E-state index in [1.165, 1.54) is 0 Å². The molecule has 2 heterocycles. The molecule has 1 amide bonds. The highest BCUT2D eigenvalue weighted by Gasteiger charge is 2.63. The summed E-state index contributed by atoms with van der Waals surface area (Å²) in [7, 11) is 1.65. The fourth-order valence-corrected chi connectivity index (χ4v) is 6.57. The minimum atomic E-state index is -0.462. The monoisotopic (exact) mass is 491 g/mol. The SMILES string of the molecule is COC1=CC=C2C3Cc4ccc(OC(=O)c5ccccc5)c5c4C2(CCN3C(=O)c2ccccc2)C1O5. The molecule has 0 aromatic heterocycles. The maximum absolute atomic E-state index is 13.6. The van der Waals surface area contributed by atoms with E-state index in [9.17, 15) is 9.59 Å². The van der Waals surface area contributed by atoms with Crippen molar-refractivity contribution in [1.82, 2.24) is 4.90 Å². The molecule has 6 heteroatoms. The lowest BCUT2D eigenvalue weighted by molar-refractivity contribution is 0.0467. The summed E-state index contributed by atoms with van der Waals surface area (Å²) in [6.45, 7) is 0.597. The average molecular weight is 492 g/mol. The number of methoxy groups -OCH3 is 1. The normalized spacial score (nSPS) is 24.3. The zero-order chi connectivity index (χ0) is 25.1. The first-order valence-electron chi connectivity index (χ1n) is 12.5. The van der Waals surface area contributed by atoms with E-state index in [2.05, 4.69) is 6.08 Å². The van der Waals surface area contributed by atoms with E-state index >= 15 is 0 Å². The third-order valence-electron chi connectivity index (χ3n) is 8.16. The molecule has 2 aliphatic heterocycles. The van der Waals surface area contributed by atoms with E-state index in [1.54, 1.807) is 19.2 Å². The minimum Gasteiger partial charge on any atom is -0.497 e. The number of nitrogens with zero attached hydrogens (tertiary/aromatic N) is 1. The number of hydrogen-bond acceptors (Lipinski definition) is 5. The van der Waals surface area contributed by atoms with Crippen molar-refractivity contribution >= 4 is 11.9 Å². The van der Waals surface area contributed by atoms with Crippen molar-refractivity contribution in [1.29, 1.82) is 0 Å². The van der Waals surface area contributed by atoms with Gasteiger partial charge in [0, 0.05) is 17.7 Å². The summed E-state index contributed by atoms with van der Waals surface area (Å²) in [5.41, 5.74) is 4.04. The summed E-state index contributed by atoms with van der Waals surface area (Å²) >= 11 is 0. The van der Waals surface area contributed by atoms with Crippen LogP contribution in [0, 0.1) is 0 Å². The van der Waals surface area contributed by atoms with Gasteiger partial charge >= 0.3 is 5.97 Å². The zero-order valence-electron chi connectivity index (χ0n) is 20.3. The van der Waals surface area contributed by atoms with Crippen molar-refractivity contribution in [3.8, 4) is 11.5 Å². The number of benzene rings is 3. The molecule has 3 aromatic rings. The number of ether oxygens (including phenoxy) is 3. The first kappa shape index (κ1) is 21.9. The highest BCUT2D eigenvalue weighted by Crippen LogP contribution is 2.62. The standard InChI is InChI=1S/C31H25NO5/c1-35-25-15-13-22-23-18-21-12-14-24(36-30(34)20-10-6-3-7-11-20)27-26(21)31(22,28(25)37-27)16-17-32(23)29(33)19-8-4-2-5-9-19/h2-15,23,28H,16-18H2,1H3. The predicted octanol–water partition coefficient (Wildman–Crippen LogP) is 4.85. The Morgan fingerprint density at radius 2 is 1.68 bits per heavy atom. The molecule has 1 saturated heterocycles. The Morgan fingerprint density at radius 1 is 0.946 bits per heavy atom. The number of rotatable bonds is 4. The molecule has 3 unspecified atom stereocenters. The second-order valence-electron chi connectivity index (χ2n) is 9.88. The molecular weight excluding hydrogens is 466 g/mol. The number of allylic oxidation sites excluding steroid dienone is 2. The molecule has 0 N–H and O–H groups in total. The van der Waals surface area contributed by atoms with Crippen molar-refractivity contribution in [3.63, 3.8) is 0 Å². The number of carbonyl (C=O) groups excluding carboxylic acids is 2. The second-order valence-corrected chi connectivity index (χ2v) is 9.88. The number of esters is 1. The van der Waals surface area contributed by atoms with E-state index in [1.807, 2.05) is 71.6 Å². The molecule has 2 aliphatic carbocycles. The van der Waals surface area contributed by atoms with Crippen LogP contribution in [0.1, 0.15) is 38.3 Å². The van der Waals surface area contributed by atoms with Crippen LogP contribution in [0.3, 0.4) is 0 Å². The van der Waals surface area contributed by atoms with Gasteiger partial charge in [-0.1, -0.05) is 48.5 Å². The molecule has 1 fully saturated rings. The van der Waals surface area contributed by atoms with Crippen molar-refractivity contribution in [2.75, 3.05) is 13.7 Å². The summed E-state index contributed by atoms with van der Waals surface area (Å²) in [5.74, 6) is 1.35. The van der Waals surface area contributed by atoms with Crippen molar-refractivity contribution < 1.29 is 23.8 Å². The molecule has 7 rings (SSSR count). The fourth-order valence-electron chi connectivity index (χ4n) is 6.57. The van der Waals surface area contributed by atoms with Crippen LogP contribution in [-0.2, 0) is 16.6 Å². The van der Waals surface area contributed by atoms with Crippen LogP contribution in [-0.4, -0.2) is 42.6 Å². The highest BCUT2D eigenvalue weighted by molar-refractivity contribution is 5.95. The van der Waals surface area contributed by atoms with Crippen LogP contribution in [0.4, 0.5) is 0 Å². The molecule has 0 radical (unpaired) electrons. The predicted molar refractivity (Wildman–Crippen MR) is 137 cm³/mol. The van der Waals surface area contributed by atoms with Gasteiger partial charge in [0.05, 0.1) is 24.1 Å². The van der Waals surface area contributed by atoms with E-state index < -0.39 is 11.4 Å². The molecule has 37 heavy (non-hydrogen) atoms. The van der Waals surface area contributed by atoms with Crippen LogP contribution >= 0.6 is 0 Å². The molecular formula is C31H25NO5. The number of piperidine rings is 1. The third-order valence-corrected chi connectivity index (χ3v) is 8.16. The Hall–Kier alpha value is -4.32. The number of hydrogen-bond donors (Lipinski definition) is 0. The second kappa shape index (κ2) is 8.10. The van der Waals surface area contributed by atoms with E-state index in [4.69, 9.17) is 14.2 Å². The molecule has 4 aliphatic rings. The Balaban J connectivity index is 1.33. The van der Waals surface area contributed by atoms with Crippen LogP contribution in [0.15, 0.2) is 96.3 Å². The van der Waals surface area contributed by atoms with Crippen molar-refractivity contribution in [2.45, 2.75) is 30.4 Å². The number of likely N-dealkylation sites (tertiary alicyclic amines) is 1. The average Bonchev–Trinajstić information content (AvgIpc) is 3.29. The fraction of sp³-hybridized carbons (Fsp3) is 0.226. The van der Waals surface area contributed by atoms with Gasteiger partial charge in [-0.3, -0.25) is 4.79 Å². The van der Waals surface area contributed by atoms with Gasteiger partial charge in [0.15, 0.2) is 17.6 Å². The first-order chi connectivity index (χ1) is 18.1. The van der Waals surface area contributed by atoms with Crippen LogP contribution in [0.25, 0.3) is 0 Å². The lowest BCUT2D eigenvalue weighted by Gasteiger charge is -2.53. The summed E-state index contributed by atoms with van der Waals surface area (Å²) < 4.78 is 18.3.